The molecule has 0 spiro atoms. The lowest BCUT2D eigenvalue weighted by atomic mass is 10.4. The minimum absolute atomic E-state index is 0.833. The molecule has 0 aromatic carbocycles. The average Bonchev–Trinajstić information content (AvgIpc) is 3.19. The summed E-state index contributed by atoms with van der Waals surface area (Å²) in [5, 5.41) is 6.34. The Kier molecular flexibility index (Phi) is 4.14. The van der Waals surface area contributed by atoms with E-state index in [9.17, 15) is 0 Å². The van der Waals surface area contributed by atoms with Crippen molar-refractivity contribution >= 4 is 11.6 Å². The molecule has 1 aromatic heterocycles. The number of rotatable bonds is 7. The Bertz CT molecular complexity index is 351. The zero-order valence-electron chi connectivity index (χ0n) is 10.6. The number of nitrogens with one attached hydrogen (secondary N) is 2. The second kappa shape index (κ2) is 5.82. The normalized spacial score (nSPS) is 15.0. The van der Waals surface area contributed by atoms with Crippen LogP contribution in [0.15, 0.2) is 12.4 Å². The first-order valence-corrected chi connectivity index (χ1v) is 6.31. The van der Waals surface area contributed by atoms with Crippen molar-refractivity contribution in [1.82, 2.24) is 14.9 Å². The maximum atomic E-state index is 4.19. The first-order valence-electron chi connectivity index (χ1n) is 6.31. The van der Waals surface area contributed by atoms with Crippen LogP contribution in [0.25, 0.3) is 0 Å². The predicted octanol–water partition coefficient (Wildman–Crippen LogP) is 1.41. The largest absolute Gasteiger partial charge is 0.373 e. The fourth-order valence-electron chi connectivity index (χ4n) is 1.96. The first-order chi connectivity index (χ1) is 8.33. The van der Waals surface area contributed by atoms with Crippen LogP contribution >= 0.6 is 0 Å². The van der Waals surface area contributed by atoms with E-state index >= 15 is 0 Å². The standard InChI is InChI=1S/C12H21N5/c1-3-17(10-4-5-10)7-6-14-12-8-11(13-2)15-9-16-12/h8-10H,3-7H2,1-2H3,(H2,13,14,15,16). The Balaban J connectivity index is 1.76. The van der Waals surface area contributed by atoms with Crippen molar-refractivity contribution in [3.63, 3.8) is 0 Å². The lowest BCUT2D eigenvalue weighted by molar-refractivity contribution is 0.289. The lowest BCUT2D eigenvalue weighted by Crippen LogP contribution is -2.31. The molecule has 1 aromatic rings. The molecule has 0 unspecified atom stereocenters. The first kappa shape index (κ1) is 12.1. The van der Waals surface area contributed by atoms with Crippen LogP contribution in [-0.2, 0) is 0 Å². The highest BCUT2D eigenvalue weighted by Gasteiger charge is 2.27. The third-order valence-electron chi connectivity index (χ3n) is 3.10. The second-order valence-corrected chi connectivity index (χ2v) is 4.33. The van der Waals surface area contributed by atoms with Crippen molar-refractivity contribution in [1.29, 1.82) is 0 Å². The molecule has 0 bridgehead atoms. The molecule has 17 heavy (non-hydrogen) atoms. The van der Waals surface area contributed by atoms with Crippen LogP contribution in [0.4, 0.5) is 11.6 Å². The van der Waals surface area contributed by atoms with Crippen LogP contribution in [0, 0.1) is 0 Å². The number of aromatic nitrogens is 2. The van der Waals surface area contributed by atoms with Gasteiger partial charge in [-0.05, 0) is 19.4 Å². The van der Waals surface area contributed by atoms with Gasteiger partial charge in [0.05, 0.1) is 0 Å². The monoisotopic (exact) mass is 235 g/mol. The van der Waals surface area contributed by atoms with Gasteiger partial charge in [0.1, 0.15) is 18.0 Å². The van der Waals surface area contributed by atoms with Crippen LogP contribution < -0.4 is 10.6 Å². The molecular weight excluding hydrogens is 214 g/mol. The smallest absolute Gasteiger partial charge is 0.131 e. The van der Waals surface area contributed by atoms with Crippen LogP contribution in [0.1, 0.15) is 19.8 Å². The fraction of sp³-hybridized carbons (Fsp3) is 0.667. The Morgan fingerprint density at radius 2 is 2.12 bits per heavy atom. The summed E-state index contributed by atoms with van der Waals surface area (Å²) >= 11 is 0. The second-order valence-electron chi connectivity index (χ2n) is 4.33. The van der Waals surface area contributed by atoms with E-state index in [0.29, 0.717) is 0 Å². The SMILES string of the molecule is CCN(CCNc1cc(NC)ncn1)C1CC1. The highest BCUT2D eigenvalue weighted by molar-refractivity contribution is 5.45. The number of anilines is 2. The molecule has 5 heteroatoms. The van der Waals surface area contributed by atoms with Crippen molar-refractivity contribution in [2.24, 2.45) is 0 Å². The van der Waals surface area contributed by atoms with Crippen molar-refractivity contribution < 1.29 is 0 Å². The molecule has 0 radical (unpaired) electrons. The molecule has 1 saturated carbocycles. The summed E-state index contributed by atoms with van der Waals surface area (Å²) in [4.78, 5) is 10.8. The maximum absolute atomic E-state index is 4.19. The molecule has 0 amide bonds. The third kappa shape index (κ3) is 3.56. The Labute approximate surface area is 103 Å². The Morgan fingerprint density at radius 1 is 1.35 bits per heavy atom. The minimum Gasteiger partial charge on any atom is -0.373 e. The van der Waals surface area contributed by atoms with E-state index in [0.717, 1.165) is 37.3 Å². The third-order valence-corrected chi connectivity index (χ3v) is 3.10. The van der Waals surface area contributed by atoms with Crippen molar-refractivity contribution in [3.8, 4) is 0 Å². The molecule has 0 atom stereocenters. The molecule has 1 heterocycles. The highest BCUT2D eigenvalue weighted by atomic mass is 15.2. The summed E-state index contributed by atoms with van der Waals surface area (Å²) in [6, 6.07) is 2.76. The summed E-state index contributed by atoms with van der Waals surface area (Å²) in [6.07, 6.45) is 4.31. The van der Waals surface area contributed by atoms with Crippen LogP contribution in [0.3, 0.4) is 0 Å². The molecule has 2 rings (SSSR count). The summed E-state index contributed by atoms with van der Waals surface area (Å²) in [7, 11) is 1.86. The summed E-state index contributed by atoms with van der Waals surface area (Å²) < 4.78 is 0. The maximum Gasteiger partial charge on any atom is 0.131 e. The van der Waals surface area contributed by atoms with Gasteiger partial charge in [-0.25, -0.2) is 9.97 Å². The van der Waals surface area contributed by atoms with E-state index in [2.05, 4.69) is 32.4 Å². The van der Waals surface area contributed by atoms with E-state index in [4.69, 9.17) is 0 Å². The quantitative estimate of drug-likeness (QED) is 0.748. The molecule has 0 saturated heterocycles. The van der Waals surface area contributed by atoms with Gasteiger partial charge >= 0.3 is 0 Å². The van der Waals surface area contributed by atoms with Crippen molar-refractivity contribution in [2.75, 3.05) is 37.3 Å². The van der Waals surface area contributed by atoms with Gasteiger partial charge in [-0.1, -0.05) is 6.92 Å². The van der Waals surface area contributed by atoms with E-state index in [1.165, 1.54) is 12.8 Å². The minimum atomic E-state index is 0.833. The highest BCUT2D eigenvalue weighted by Crippen LogP contribution is 2.25. The molecule has 1 aliphatic rings. The molecule has 5 nitrogen and oxygen atoms in total. The van der Waals surface area contributed by atoms with Gasteiger partial charge in [0, 0.05) is 32.2 Å². The van der Waals surface area contributed by atoms with E-state index in [1.54, 1.807) is 6.33 Å². The van der Waals surface area contributed by atoms with Gasteiger partial charge < -0.3 is 10.6 Å². The molecule has 1 fully saturated rings. The summed E-state index contributed by atoms with van der Waals surface area (Å²) in [5.74, 6) is 1.73. The van der Waals surface area contributed by atoms with Gasteiger partial charge in [-0.3, -0.25) is 4.90 Å². The van der Waals surface area contributed by atoms with Gasteiger partial charge in [0.25, 0.3) is 0 Å². The topological polar surface area (TPSA) is 53.1 Å². The molecule has 0 aliphatic heterocycles. The van der Waals surface area contributed by atoms with Crippen LogP contribution in [0.2, 0.25) is 0 Å². The molecular formula is C12H21N5. The number of likely N-dealkylation sites (N-methyl/N-ethyl adjacent to an activating group) is 1. The Morgan fingerprint density at radius 3 is 2.76 bits per heavy atom. The zero-order valence-corrected chi connectivity index (χ0v) is 10.6. The van der Waals surface area contributed by atoms with Gasteiger partial charge in [-0.15, -0.1) is 0 Å². The van der Waals surface area contributed by atoms with Crippen LogP contribution in [0.5, 0.6) is 0 Å². The van der Waals surface area contributed by atoms with Gasteiger partial charge in [0.2, 0.25) is 0 Å². The Hall–Kier alpha value is -1.36. The number of hydrogen-bond acceptors (Lipinski definition) is 5. The van der Waals surface area contributed by atoms with E-state index in [-0.39, 0.29) is 0 Å². The van der Waals surface area contributed by atoms with E-state index < -0.39 is 0 Å². The molecule has 2 N–H and O–H groups in total. The van der Waals surface area contributed by atoms with Crippen LogP contribution in [-0.4, -0.2) is 47.6 Å². The molecule has 1 aliphatic carbocycles. The van der Waals surface area contributed by atoms with Crippen molar-refractivity contribution in [3.05, 3.63) is 12.4 Å². The predicted molar refractivity (Wildman–Crippen MR) is 70.3 cm³/mol. The van der Waals surface area contributed by atoms with E-state index in [1.807, 2.05) is 13.1 Å². The summed E-state index contributed by atoms with van der Waals surface area (Å²) in [6.45, 7) is 5.38. The van der Waals surface area contributed by atoms with Crippen molar-refractivity contribution in [2.45, 2.75) is 25.8 Å². The average molecular weight is 235 g/mol. The number of hydrogen-bond donors (Lipinski definition) is 2. The van der Waals surface area contributed by atoms with Gasteiger partial charge in [0.15, 0.2) is 0 Å². The fourth-order valence-corrected chi connectivity index (χ4v) is 1.96. The molecule has 94 valence electrons. The lowest BCUT2D eigenvalue weighted by Gasteiger charge is -2.19. The zero-order chi connectivity index (χ0) is 12.1. The summed E-state index contributed by atoms with van der Waals surface area (Å²) in [5.41, 5.74) is 0. The number of nitrogens with zero attached hydrogens (tertiary/aromatic N) is 3. The van der Waals surface area contributed by atoms with Gasteiger partial charge in [-0.2, -0.15) is 0 Å².